The van der Waals surface area contributed by atoms with Gasteiger partial charge in [-0.05, 0) is 54.4 Å². The number of ether oxygens (including phenoxy) is 1. The Labute approximate surface area is 217 Å². The Morgan fingerprint density at radius 1 is 0.811 bits per heavy atom. The number of piperazine rings is 1. The van der Waals surface area contributed by atoms with Crippen molar-refractivity contribution in [1.29, 1.82) is 0 Å². The molecule has 190 valence electrons. The van der Waals surface area contributed by atoms with Crippen molar-refractivity contribution in [1.82, 2.24) is 14.3 Å². The van der Waals surface area contributed by atoms with Crippen molar-refractivity contribution in [2.45, 2.75) is 11.8 Å². The number of anilines is 3. The van der Waals surface area contributed by atoms with Crippen LogP contribution in [-0.2, 0) is 10.0 Å². The molecule has 9 heteroatoms. The molecule has 0 atom stereocenters. The molecule has 8 nitrogen and oxygen atoms in total. The van der Waals surface area contributed by atoms with Crippen LogP contribution in [0.2, 0.25) is 0 Å². The summed E-state index contributed by atoms with van der Waals surface area (Å²) in [5.41, 5.74) is 4.08. The van der Waals surface area contributed by atoms with E-state index >= 15 is 0 Å². The van der Waals surface area contributed by atoms with Crippen LogP contribution in [0.3, 0.4) is 0 Å². The van der Waals surface area contributed by atoms with Gasteiger partial charge in [-0.1, -0.05) is 42.5 Å². The molecule has 1 N–H and O–H groups in total. The van der Waals surface area contributed by atoms with Gasteiger partial charge in [0.25, 0.3) is 0 Å². The van der Waals surface area contributed by atoms with Crippen LogP contribution in [-0.4, -0.2) is 56.0 Å². The molecule has 2 heterocycles. The molecule has 3 aromatic carbocycles. The number of rotatable bonds is 7. The van der Waals surface area contributed by atoms with Gasteiger partial charge >= 0.3 is 0 Å². The number of nitrogens with zero attached hydrogens (tertiary/aromatic N) is 4. The summed E-state index contributed by atoms with van der Waals surface area (Å²) < 4.78 is 32.8. The molecule has 1 saturated heterocycles. The first-order valence-electron chi connectivity index (χ1n) is 12.1. The molecule has 0 radical (unpaired) electrons. The molecule has 0 amide bonds. The average molecular weight is 516 g/mol. The molecular weight excluding hydrogens is 486 g/mol. The quantitative estimate of drug-likeness (QED) is 0.381. The Hall–Kier alpha value is -3.95. The van der Waals surface area contributed by atoms with Crippen molar-refractivity contribution in [2.24, 2.45) is 0 Å². The third kappa shape index (κ3) is 5.58. The molecule has 1 aromatic heterocycles. The molecule has 4 aromatic rings. The lowest BCUT2D eigenvalue weighted by Crippen LogP contribution is -2.49. The molecule has 37 heavy (non-hydrogen) atoms. The molecule has 0 unspecified atom stereocenters. The summed E-state index contributed by atoms with van der Waals surface area (Å²) in [7, 11) is -2.02. The van der Waals surface area contributed by atoms with Crippen molar-refractivity contribution in [2.75, 3.05) is 43.5 Å². The van der Waals surface area contributed by atoms with E-state index in [0.717, 1.165) is 16.9 Å². The van der Waals surface area contributed by atoms with Gasteiger partial charge in [-0.3, -0.25) is 0 Å². The van der Waals surface area contributed by atoms with Gasteiger partial charge in [0.15, 0.2) is 0 Å². The van der Waals surface area contributed by atoms with Crippen LogP contribution in [0.4, 0.5) is 17.5 Å². The van der Waals surface area contributed by atoms with E-state index in [1.54, 1.807) is 31.4 Å². The molecule has 0 bridgehead atoms. The third-order valence-electron chi connectivity index (χ3n) is 6.33. The van der Waals surface area contributed by atoms with Crippen LogP contribution < -0.4 is 15.0 Å². The normalized spacial score (nSPS) is 14.4. The Morgan fingerprint density at radius 3 is 2.11 bits per heavy atom. The zero-order valence-corrected chi connectivity index (χ0v) is 21.6. The van der Waals surface area contributed by atoms with Crippen LogP contribution in [0.25, 0.3) is 11.1 Å². The van der Waals surface area contributed by atoms with Gasteiger partial charge in [-0.25, -0.2) is 13.4 Å². The van der Waals surface area contributed by atoms with Gasteiger partial charge in [0, 0.05) is 43.6 Å². The molecular formula is C28H29N5O3S. The number of nitrogens with one attached hydrogen (secondary N) is 1. The summed E-state index contributed by atoms with van der Waals surface area (Å²) in [5.74, 6) is 1.91. The van der Waals surface area contributed by atoms with Crippen LogP contribution in [0.15, 0.2) is 89.8 Å². The van der Waals surface area contributed by atoms with Gasteiger partial charge in [-0.15, -0.1) is 0 Å². The SMILES string of the molecule is COc1ccc(S(=O)(=O)N2CCN(c3nc(C)cc(Nc4ccc(-c5ccccc5)cc4)n3)CC2)cc1. The number of methoxy groups -OCH3 is 1. The van der Waals surface area contributed by atoms with Crippen molar-refractivity contribution >= 4 is 27.5 Å². The van der Waals surface area contributed by atoms with Gasteiger partial charge in [0.1, 0.15) is 11.6 Å². The van der Waals surface area contributed by atoms with Gasteiger partial charge in [0.2, 0.25) is 16.0 Å². The molecule has 1 fully saturated rings. The van der Waals surface area contributed by atoms with Gasteiger partial charge < -0.3 is 15.0 Å². The van der Waals surface area contributed by atoms with E-state index < -0.39 is 10.0 Å². The Morgan fingerprint density at radius 2 is 1.46 bits per heavy atom. The second kappa shape index (κ2) is 10.6. The fourth-order valence-electron chi connectivity index (χ4n) is 4.31. The van der Waals surface area contributed by atoms with Crippen molar-refractivity contribution in [3.8, 4) is 16.9 Å². The molecule has 1 aliphatic heterocycles. The van der Waals surface area contributed by atoms with E-state index in [0.29, 0.717) is 43.7 Å². The lowest BCUT2D eigenvalue weighted by Gasteiger charge is -2.34. The maximum absolute atomic E-state index is 13.1. The number of hydrogen-bond acceptors (Lipinski definition) is 7. The second-order valence-electron chi connectivity index (χ2n) is 8.83. The zero-order chi connectivity index (χ0) is 25.8. The molecule has 0 aliphatic carbocycles. The third-order valence-corrected chi connectivity index (χ3v) is 8.24. The van der Waals surface area contributed by atoms with Crippen molar-refractivity contribution < 1.29 is 13.2 Å². The average Bonchev–Trinajstić information content (AvgIpc) is 2.94. The standard InChI is InChI=1S/C28H29N5O3S/c1-21-20-27(30-24-10-8-23(9-11-24)22-6-4-3-5-7-22)31-28(29-21)32-16-18-33(19-17-32)37(34,35)26-14-12-25(36-2)13-15-26/h3-15,20H,16-19H2,1-2H3,(H,29,30,31). The number of sulfonamides is 1. The number of benzene rings is 3. The highest BCUT2D eigenvalue weighted by Gasteiger charge is 2.29. The fraction of sp³-hybridized carbons (Fsp3) is 0.214. The Bertz CT molecular complexity index is 1450. The van der Waals surface area contributed by atoms with E-state index in [1.165, 1.54) is 9.87 Å². The highest BCUT2D eigenvalue weighted by Crippen LogP contribution is 2.25. The predicted molar refractivity (Wildman–Crippen MR) is 146 cm³/mol. The zero-order valence-electron chi connectivity index (χ0n) is 20.8. The Balaban J connectivity index is 1.26. The minimum absolute atomic E-state index is 0.262. The lowest BCUT2D eigenvalue weighted by atomic mass is 10.1. The summed E-state index contributed by atoms with van der Waals surface area (Å²) >= 11 is 0. The second-order valence-corrected chi connectivity index (χ2v) is 10.8. The van der Waals surface area contributed by atoms with E-state index in [1.807, 2.05) is 48.2 Å². The predicted octanol–water partition coefficient (Wildman–Crippen LogP) is 4.72. The van der Waals surface area contributed by atoms with Crippen molar-refractivity contribution in [3.63, 3.8) is 0 Å². The topological polar surface area (TPSA) is 87.7 Å². The summed E-state index contributed by atoms with van der Waals surface area (Å²) in [6, 6.07) is 26.8. The highest BCUT2D eigenvalue weighted by molar-refractivity contribution is 7.89. The maximum Gasteiger partial charge on any atom is 0.243 e. The van der Waals surface area contributed by atoms with E-state index in [-0.39, 0.29) is 4.90 Å². The maximum atomic E-state index is 13.1. The Kier molecular flexibility index (Phi) is 7.07. The lowest BCUT2D eigenvalue weighted by molar-refractivity contribution is 0.382. The van der Waals surface area contributed by atoms with E-state index in [4.69, 9.17) is 9.72 Å². The van der Waals surface area contributed by atoms with Crippen LogP contribution in [0, 0.1) is 6.92 Å². The van der Waals surface area contributed by atoms with Crippen molar-refractivity contribution in [3.05, 3.63) is 90.6 Å². The molecule has 5 rings (SSSR count). The molecule has 0 spiro atoms. The van der Waals surface area contributed by atoms with Gasteiger partial charge in [0.05, 0.1) is 12.0 Å². The number of aromatic nitrogens is 2. The summed E-state index contributed by atoms with van der Waals surface area (Å²) in [6.07, 6.45) is 0. The summed E-state index contributed by atoms with van der Waals surface area (Å²) in [5, 5.41) is 3.37. The molecule has 0 saturated carbocycles. The van der Waals surface area contributed by atoms with E-state index in [9.17, 15) is 8.42 Å². The minimum atomic E-state index is -3.58. The van der Waals surface area contributed by atoms with Crippen LogP contribution in [0.1, 0.15) is 5.69 Å². The first-order valence-corrected chi connectivity index (χ1v) is 13.5. The smallest absolute Gasteiger partial charge is 0.243 e. The highest BCUT2D eigenvalue weighted by atomic mass is 32.2. The summed E-state index contributed by atoms with van der Waals surface area (Å²) in [6.45, 7) is 3.65. The number of hydrogen-bond donors (Lipinski definition) is 1. The number of aryl methyl sites for hydroxylation is 1. The minimum Gasteiger partial charge on any atom is -0.497 e. The van der Waals surface area contributed by atoms with E-state index in [2.05, 4.69) is 34.6 Å². The van der Waals surface area contributed by atoms with Crippen LogP contribution >= 0.6 is 0 Å². The first kappa shape index (κ1) is 24.7. The fourth-order valence-corrected chi connectivity index (χ4v) is 5.73. The largest absolute Gasteiger partial charge is 0.497 e. The van der Waals surface area contributed by atoms with Crippen LogP contribution in [0.5, 0.6) is 5.75 Å². The monoisotopic (exact) mass is 515 g/mol. The van der Waals surface area contributed by atoms with Gasteiger partial charge in [-0.2, -0.15) is 9.29 Å². The first-order chi connectivity index (χ1) is 17.9. The molecule has 1 aliphatic rings. The summed E-state index contributed by atoms with van der Waals surface area (Å²) in [4.78, 5) is 11.6.